The highest BCUT2D eigenvalue weighted by molar-refractivity contribution is 5.29. The molecule has 3 aliphatic rings. The molecule has 2 saturated heterocycles. The van der Waals surface area contributed by atoms with Crippen LogP contribution in [0.4, 0.5) is 0 Å². The minimum atomic E-state index is 0.0214. The first kappa shape index (κ1) is 13.7. The van der Waals surface area contributed by atoms with Crippen LogP contribution in [0.5, 0.6) is 0 Å². The van der Waals surface area contributed by atoms with E-state index in [1.165, 1.54) is 50.6 Å². The molecule has 3 nitrogen and oxygen atoms in total. The number of nitrogens with zero attached hydrogens (tertiary/aromatic N) is 1. The van der Waals surface area contributed by atoms with Crippen LogP contribution in [0.15, 0.2) is 30.3 Å². The molecule has 2 aliphatic heterocycles. The zero-order chi connectivity index (χ0) is 14.1. The fourth-order valence-corrected chi connectivity index (χ4v) is 4.56. The van der Waals surface area contributed by atoms with Crippen molar-refractivity contribution in [1.29, 1.82) is 0 Å². The van der Waals surface area contributed by atoms with Crippen LogP contribution < -0.4 is 5.48 Å². The molecule has 1 aromatic rings. The summed E-state index contributed by atoms with van der Waals surface area (Å²) in [6.07, 6.45) is 8.46. The molecule has 2 unspecified atom stereocenters. The lowest BCUT2D eigenvalue weighted by Crippen LogP contribution is -2.44. The van der Waals surface area contributed by atoms with Crippen molar-refractivity contribution in [2.45, 2.75) is 50.1 Å². The van der Waals surface area contributed by atoms with E-state index < -0.39 is 0 Å². The van der Waals surface area contributed by atoms with E-state index in [1.807, 2.05) is 0 Å². The molecule has 1 aromatic carbocycles. The fourth-order valence-electron chi connectivity index (χ4n) is 4.56. The summed E-state index contributed by atoms with van der Waals surface area (Å²) in [7, 11) is 0. The number of hydrogen-bond donors (Lipinski definition) is 1. The maximum absolute atomic E-state index is 5.65. The van der Waals surface area contributed by atoms with Crippen molar-refractivity contribution in [2.75, 3.05) is 19.7 Å². The van der Waals surface area contributed by atoms with Crippen LogP contribution in [0.1, 0.15) is 44.1 Å². The smallest absolute Gasteiger partial charge is 0.0870 e. The predicted molar refractivity (Wildman–Crippen MR) is 83.8 cm³/mol. The van der Waals surface area contributed by atoms with Crippen LogP contribution in [0.2, 0.25) is 0 Å². The molecule has 0 radical (unpaired) electrons. The van der Waals surface area contributed by atoms with Crippen LogP contribution in [-0.4, -0.2) is 30.6 Å². The Morgan fingerprint density at radius 2 is 1.81 bits per heavy atom. The van der Waals surface area contributed by atoms with E-state index in [1.54, 1.807) is 0 Å². The second-order valence-corrected chi connectivity index (χ2v) is 7.02. The van der Waals surface area contributed by atoms with Gasteiger partial charge in [-0.1, -0.05) is 56.0 Å². The zero-order valence-electron chi connectivity index (χ0n) is 12.8. The fraction of sp³-hybridized carbons (Fsp3) is 0.667. The van der Waals surface area contributed by atoms with E-state index in [-0.39, 0.29) is 5.54 Å². The molecule has 2 heterocycles. The second-order valence-electron chi connectivity index (χ2n) is 7.02. The lowest BCUT2D eigenvalue weighted by atomic mass is 9.83. The van der Waals surface area contributed by atoms with E-state index in [4.69, 9.17) is 4.84 Å². The molecular weight excluding hydrogens is 260 g/mol. The van der Waals surface area contributed by atoms with Crippen LogP contribution in [-0.2, 0) is 10.4 Å². The molecule has 0 bridgehead atoms. The SMILES string of the molecule is c1ccc(C23CN(C4CCCCCC4)CC2CON3)cc1. The van der Waals surface area contributed by atoms with Gasteiger partial charge in [-0.15, -0.1) is 0 Å². The van der Waals surface area contributed by atoms with Gasteiger partial charge in [-0.25, -0.2) is 0 Å². The van der Waals surface area contributed by atoms with E-state index in [0.29, 0.717) is 5.92 Å². The molecule has 21 heavy (non-hydrogen) atoms. The Labute approximate surface area is 127 Å². The molecule has 3 fully saturated rings. The highest BCUT2D eigenvalue weighted by Crippen LogP contribution is 2.42. The number of fused-ring (bicyclic) bond motifs is 1. The summed E-state index contributed by atoms with van der Waals surface area (Å²) in [4.78, 5) is 8.40. The third kappa shape index (κ3) is 2.41. The molecular formula is C18H26N2O. The number of hydroxylamine groups is 1. The minimum absolute atomic E-state index is 0.0214. The third-order valence-corrected chi connectivity index (χ3v) is 5.77. The van der Waals surface area contributed by atoms with Crippen molar-refractivity contribution in [1.82, 2.24) is 10.4 Å². The van der Waals surface area contributed by atoms with Gasteiger partial charge in [0.15, 0.2) is 0 Å². The maximum Gasteiger partial charge on any atom is 0.0870 e. The van der Waals surface area contributed by atoms with E-state index in [9.17, 15) is 0 Å². The minimum Gasteiger partial charge on any atom is -0.300 e. The van der Waals surface area contributed by atoms with Crippen LogP contribution in [0.25, 0.3) is 0 Å². The highest BCUT2D eigenvalue weighted by atomic mass is 16.7. The quantitative estimate of drug-likeness (QED) is 0.846. The molecule has 0 amide bonds. The first-order valence-corrected chi connectivity index (χ1v) is 8.57. The van der Waals surface area contributed by atoms with Crippen molar-refractivity contribution in [2.24, 2.45) is 5.92 Å². The Morgan fingerprint density at radius 1 is 1.05 bits per heavy atom. The highest BCUT2D eigenvalue weighted by Gasteiger charge is 2.52. The van der Waals surface area contributed by atoms with E-state index in [2.05, 4.69) is 40.7 Å². The molecule has 2 atom stereocenters. The average Bonchev–Trinajstić information content (AvgIpc) is 2.95. The lowest BCUT2D eigenvalue weighted by molar-refractivity contribution is 0.0408. The van der Waals surface area contributed by atoms with Crippen LogP contribution >= 0.6 is 0 Å². The first-order valence-electron chi connectivity index (χ1n) is 8.57. The van der Waals surface area contributed by atoms with Gasteiger partial charge in [0, 0.05) is 25.0 Å². The summed E-state index contributed by atoms with van der Waals surface area (Å²) < 4.78 is 0. The molecule has 0 spiro atoms. The normalized spacial score (nSPS) is 34.8. The Bertz CT molecular complexity index is 469. The van der Waals surface area contributed by atoms with Crippen molar-refractivity contribution in [3.05, 3.63) is 35.9 Å². The van der Waals surface area contributed by atoms with E-state index >= 15 is 0 Å². The van der Waals surface area contributed by atoms with E-state index in [0.717, 1.165) is 19.2 Å². The van der Waals surface area contributed by atoms with Crippen molar-refractivity contribution < 1.29 is 4.84 Å². The zero-order valence-corrected chi connectivity index (χ0v) is 12.8. The standard InChI is InChI=1S/C18H26N2O/c1-2-7-11-17(10-6-1)20-12-16-13-21-19-18(16,14-20)15-8-4-3-5-9-15/h3-5,8-9,16-17,19H,1-2,6-7,10-14H2. The molecule has 1 aliphatic carbocycles. The Hall–Kier alpha value is -0.900. The summed E-state index contributed by atoms with van der Waals surface area (Å²) in [5.74, 6) is 0.586. The topological polar surface area (TPSA) is 24.5 Å². The van der Waals surface area contributed by atoms with Gasteiger partial charge < -0.3 is 4.84 Å². The second kappa shape index (κ2) is 5.71. The maximum atomic E-state index is 5.65. The summed E-state index contributed by atoms with van der Waals surface area (Å²) in [6.45, 7) is 3.14. The summed E-state index contributed by atoms with van der Waals surface area (Å²) in [6, 6.07) is 11.7. The summed E-state index contributed by atoms with van der Waals surface area (Å²) in [5.41, 5.74) is 4.81. The average molecular weight is 286 g/mol. The number of nitrogens with one attached hydrogen (secondary N) is 1. The monoisotopic (exact) mass is 286 g/mol. The number of benzene rings is 1. The van der Waals surface area contributed by atoms with Gasteiger partial charge in [0.25, 0.3) is 0 Å². The molecule has 3 heteroatoms. The van der Waals surface area contributed by atoms with Gasteiger partial charge in [0.1, 0.15) is 0 Å². The first-order chi connectivity index (χ1) is 10.4. The predicted octanol–water partition coefficient (Wildman–Crippen LogP) is 3.07. The molecule has 1 N–H and O–H groups in total. The number of likely N-dealkylation sites (tertiary alicyclic amines) is 1. The van der Waals surface area contributed by atoms with Crippen molar-refractivity contribution >= 4 is 0 Å². The van der Waals surface area contributed by atoms with Crippen LogP contribution in [0, 0.1) is 5.92 Å². The van der Waals surface area contributed by atoms with Gasteiger partial charge >= 0.3 is 0 Å². The summed E-state index contributed by atoms with van der Waals surface area (Å²) >= 11 is 0. The Morgan fingerprint density at radius 3 is 2.57 bits per heavy atom. The van der Waals surface area contributed by atoms with Gasteiger partial charge in [-0.3, -0.25) is 4.90 Å². The number of hydrogen-bond acceptors (Lipinski definition) is 3. The van der Waals surface area contributed by atoms with Crippen LogP contribution in [0.3, 0.4) is 0 Å². The third-order valence-electron chi connectivity index (χ3n) is 5.77. The molecule has 0 aromatic heterocycles. The van der Waals surface area contributed by atoms with Gasteiger partial charge in [0.2, 0.25) is 0 Å². The van der Waals surface area contributed by atoms with Crippen molar-refractivity contribution in [3.63, 3.8) is 0 Å². The Kier molecular flexibility index (Phi) is 3.74. The largest absolute Gasteiger partial charge is 0.300 e. The Balaban J connectivity index is 1.57. The van der Waals surface area contributed by atoms with Gasteiger partial charge in [0.05, 0.1) is 12.1 Å². The molecule has 114 valence electrons. The number of rotatable bonds is 2. The molecule has 1 saturated carbocycles. The molecule has 4 rings (SSSR count). The van der Waals surface area contributed by atoms with Gasteiger partial charge in [-0.2, -0.15) is 5.48 Å². The van der Waals surface area contributed by atoms with Gasteiger partial charge in [-0.05, 0) is 18.4 Å². The lowest BCUT2D eigenvalue weighted by Gasteiger charge is -2.31. The van der Waals surface area contributed by atoms with Crippen molar-refractivity contribution in [3.8, 4) is 0 Å². The summed E-state index contributed by atoms with van der Waals surface area (Å²) in [5, 5.41) is 0.